The van der Waals surface area contributed by atoms with Gasteiger partial charge in [0.25, 0.3) is 11.2 Å². The number of nitrogens with zero attached hydrogens (tertiary/aromatic N) is 2. The van der Waals surface area contributed by atoms with Crippen molar-refractivity contribution < 1.29 is 9.72 Å². The predicted molar refractivity (Wildman–Crippen MR) is 105 cm³/mol. The average molecular weight is 432 g/mol. The molecule has 10 heteroatoms. The maximum atomic E-state index is 12.0. The summed E-state index contributed by atoms with van der Waals surface area (Å²) >= 11 is 3.32. The summed E-state index contributed by atoms with van der Waals surface area (Å²) in [5.41, 5.74) is 0.467. The number of amides is 1. The van der Waals surface area contributed by atoms with E-state index in [-0.39, 0.29) is 35.6 Å². The minimum Gasteiger partial charge on any atom is -0.379 e. The highest BCUT2D eigenvalue weighted by atomic mass is 79.9. The molecule has 27 heavy (non-hydrogen) atoms. The second-order valence-electron chi connectivity index (χ2n) is 5.61. The van der Waals surface area contributed by atoms with Crippen molar-refractivity contribution in [3.05, 3.63) is 67.7 Å². The first kappa shape index (κ1) is 18.5. The van der Waals surface area contributed by atoms with Crippen LogP contribution in [0.1, 0.15) is 6.42 Å². The molecule has 0 atom stereocenters. The fourth-order valence-electron chi connectivity index (χ4n) is 2.46. The van der Waals surface area contributed by atoms with Gasteiger partial charge in [-0.1, -0.05) is 15.9 Å². The van der Waals surface area contributed by atoms with Crippen molar-refractivity contribution >= 4 is 49.8 Å². The smallest absolute Gasteiger partial charge is 0.293 e. The Morgan fingerprint density at radius 2 is 2.00 bits per heavy atom. The van der Waals surface area contributed by atoms with E-state index in [4.69, 9.17) is 0 Å². The summed E-state index contributed by atoms with van der Waals surface area (Å²) in [6, 6.07) is 9.72. The van der Waals surface area contributed by atoms with Crippen LogP contribution in [0.4, 0.5) is 17.1 Å². The number of hydrogen-bond donors (Lipinski definition) is 3. The summed E-state index contributed by atoms with van der Waals surface area (Å²) in [6.07, 6.45) is 1.33. The number of carbonyl (C=O) groups is 1. The van der Waals surface area contributed by atoms with Gasteiger partial charge < -0.3 is 15.6 Å². The van der Waals surface area contributed by atoms with Crippen LogP contribution in [0.2, 0.25) is 0 Å². The maximum absolute atomic E-state index is 12.0. The lowest BCUT2D eigenvalue weighted by Crippen LogP contribution is -2.16. The maximum Gasteiger partial charge on any atom is 0.293 e. The van der Waals surface area contributed by atoms with Crippen molar-refractivity contribution in [3.63, 3.8) is 0 Å². The molecule has 1 heterocycles. The Morgan fingerprint density at radius 1 is 1.26 bits per heavy atom. The molecule has 2 aromatic carbocycles. The third-order valence-electron chi connectivity index (χ3n) is 3.75. The van der Waals surface area contributed by atoms with Crippen LogP contribution in [0.15, 0.2) is 52.0 Å². The molecule has 0 saturated carbocycles. The van der Waals surface area contributed by atoms with Gasteiger partial charge >= 0.3 is 0 Å². The molecular weight excluding hydrogens is 418 g/mol. The fourth-order valence-corrected chi connectivity index (χ4v) is 2.73. The number of nitro benzene ring substituents is 1. The molecule has 3 aromatic rings. The van der Waals surface area contributed by atoms with Crippen LogP contribution in [0.5, 0.6) is 0 Å². The molecule has 0 radical (unpaired) electrons. The highest BCUT2D eigenvalue weighted by molar-refractivity contribution is 9.10. The van der Waals surface area contributed by atoms with Crippen molar-refractivity contribution in [1.29, 1.82) is 0 Å². The molecule has 0 saturated heterocycles. The number of rotatable bonds is 6. The van der Waals surface area contributed by atoms with Gasteiger partial charge in [-0.15, -0.1) is 0 Å². The molecule has 1 amide bonds. The number of nitro groups is 1. The summed E-state index contributed by atoms with van der Waals surface area (Å²) in [5.74, 6) is -0.233. The van der Waals surface area contributed by atoms with Crippen LogP contribution in [0.25, 0.3) is 10.9 Å². The third-order valence-corrected chi connectivity index (χ3v) is 4.28. The van der Waals surface area contributed by atoms with E-state index in [1.807, 2.05) is 0 Å². The van der Waals surface area contributed by atoms with E-state index >= 15 is 0 Å². The molecule has 3 N–H and O–H groups in total. The van der Waals surface area contributed by atoms with Crippen molar-refractivity contribution in [2.45, 2.75) is 6.42 Å². The minimum atomic E-state index is -0.587. The molecular formula is C17H14BrN5O4. The van der Waals surface area contributed by atoms with Crippen molar-refractivity contribution in [1.82, 2.24) is 9.97 Å². The monoisotopic (exact) mass is 431 g/mol. The molecule has 0 aliphatic heterocycles. The van der Waals surface area contributed by atoms with Crippen LogP contribution in [0.3, 0.4) is 0 Å². The molecule has 3 rings (SSSR count). The third kappa shape index (κ3) is 4.47. The quantitative estimate of drug-likeness (QED) is 0.406. The molecule has 0 aliphatic rings. The molecule has 0 unspecified atom stereocenters. The number of carbonyl (C=O) groups excluding carboxylic acids is 1. The Bertz CT molecular complexity index is 1070. The summed E-state index contributed by atoms with van der Waals surface area (Å²) < 4.78 is 0.901. The second kappa shape index (κ2) is 7.96. The van der Waals surface area contributed by atoms with Gasteiger partial charge in [0.1, 0.15) is 5.69 Å². The number of halogens is 1. The summed E-state index contributed by atoms with van der Waals surface area (Å²) in [7, 11) is 0. The summed E-state index contributed by atoms with van der Waals surface area (Å²) in [5, 5.41) is 17.0. The number of fused-ring (bicyclic) bond motifs is 1. The summed E-state index contributed by atoms with van der Waals surface area (Å²) in [6.45, 7) is 0.178. The molecule has 1 aromatic heterocycles. The second-order valence-corrected chi connectivity index (χ2v) is 6.52. The van der Waals surface area contributed by atoms with Gasteiger partial charge in [0.2, 0.25) is 5.91 Å². The van der Waals surface area contributed by atoms with Crippen LogP contribution in [-0.4, -0.2) is 27.3 Å². The van der Waals surface area contributed by atoms with E-state index in [0.717, 1.165) is 4.47 Å². The summed E-state index contributed by atoms with van der Waals surface area (Å²) in [4.78, 5) is 40.9. The number of hydrogen-bond acceptors (Lipinski definition) is 6. The molecule has 0 aliphatic carbocycles. The normalized spacial score (nSPS) is 10.6. The number of nitrogens with one attached hydrogen (secondary N) is 3. The van der Waals surface area contributed by atoms with Crippen molar-refractivity contribution in [3.8, 4) is 0 Å². The number of anilines is 2. The van der Waals surface area contributed by atoms with Crippen LogP contribution >= 0.6 is 15.9 Å². The van der Waals surface area contributed by atoms with E-state index in [0.29, 0.717) is 11.2 Å². The molecule has 0 spiro atoms. The Balaban J connectivity index is 1.69. The van der Waals surface area contributed by atoms with Gasteiger partial charge in [0.05, 0.1) is 22.2 Å². The van der Waals surface area contributed by atoms with E-state index in [1.165, 1.54) is 18.5 Å². The first-order chi connectivity index (χ1) is 12.9. The Labute approximate surface area is 161 Å². The van der Waals surface area contributed by atoms with Crippen LogP contribution in [-0.2, 0) is 4.79 Å². The van der Waals surface area contributed by atoms with Crippen LogP contribution in [0, 0.1) is 10.1 Å². The fraction of sp³-hybridized carbons (Fsp3) is 0.118. The number of aromatic amines is 1. The Morgan fingerprint density at radius 3 is 2.70 bits per heavy atom. The zero-order valence-corrected chi connectivity index (χ0v) is 15.4. The van der Waals surface area contributed by atoms with Crippen LogP contribution < -0.4 is 16.2 Å². The van der Waals surface area contributed by atoms with Gasteiger partial charge in [-0.25, -0.2) is 4.98 Å². The number of H-pyrrole nitrogens is 1. The minimum absolute atomic E-state index is 0.105. The van der Waals surface area contributed by atoms with E-state index < -0.39 is 10.5 Å². The topological polar surface area (TPSA) is 130 Å². The Hall–Kier alpha value is -3.27. The molecule has 138 valence electrons. The van der Waals surface area contributed by atoms with E-state index in [9.17, 15) is 19.7 Å². The number of aromatic nitrogens is 2. The van der Waals surface area contributed by atoms with Gasteiger partial charge in [-0.05, 0) is 30.3 Å². The van der Waals surface area contributed by atoms with Crippen molar-refractivity contribution in [2.24, 2.45) is 0 Å². The van der Waals surface area contributed by atoms with Crippen molar-refractivity contribution in [2.75, 3.05) is 17.2 Å². The van der Waals surface area contributed by atoms with E-state index in [2.05, 4.69) is 36.5 Å². The van der Waals surface area contributed by atoms with Gasteiger partial charge in [0.15, 0.2) is 0 Å². The number of benzene rings is 2. The Kier molecular flexibility index (Phi) is 5.46. The first-order valence-corrected chi connectivity index (χ1v) is 8.68. The zero-order valence-electron chi connectivity index (χ0n) is 13.9. The molecule has 0 fully saturated rings. The highest BCUT2D eigenvalue weighted by Crippen LogP contribution is 2.27. The van der Waals surface area contributed by atoms with Gasteiger partial charge in [0, 0.05) is 29.2 Å². The van der Waals surface area contributed by atoms with Gasteiger partial charge in [-0.2, -0.15) is 0 Å². The highest BCUT2D eigenvalue weighted by Gasteiger charge is 2.17. The predicted octanol–water partition coefficient (Wildman–Crippen LogP) is 3.03. The average Bonchev–Trinajstić information content (AvgIpc) is 2.63. The van der Waals surface area contributed by atoms with Gasteiger partial charge in [-0.3, -0.25) is 19.7 Å². The van der Waals surface area contributed by atoms with E-state index in [1.54, 1.807) is 24.3 Å². The largest absolute Gasteiger partial charge is 0.379 e. The zero-order chi connectivity index (χ0) is 19.4. The molecule has 0 bridgehead atoms. The lowest BCUT2D eigenvalue weighted by atomic mass is 10.2. The lowest BCUT2D eigenvalue weighted by Gasteiger charge is -2.09. The standard InChI is InChI=1S/C17H14BrN5O4/c18-10-1-3-11(4-2-10)22-16(24)5-6-19-14-8-13-12(7-15(14)23(26)27)17(25)21-9-20-13/h1-4,7-9,19H,5-6H2,(H,22,24)(H,20,21,25). The lowest BCUT2D eigenvalue weighted by molar-refractivity contribution is -0.383. The first-order valence-electron chi connectivity index (χ1n) is 7.89. The molecule has 9 nitrogen and oxygen atoms in total. The SMILES string of the molecule is O=C(CCNc1cc2nc[nH]c(=O)c2cc1[N+](=O)[O-])Nc1ccc(Br)cc1.